The summed E-state index contributed by atoms with van der Waals surface area (Å²) < 4.78 is 32.3. The Morgan fingerprint density at radius 1 is 1.31 bits per heavy atom. The van der Waals surface area contributed by atoms with Crippen molar-refractivity contribution in [2.75, 3.05) is 11.9 Å². The Labute approximate surface area is 150 Å². The van der Waals surface area contributed by atoms with Crippen molar-refractivity contribution in [2.24, 2.45) is 0 Å². The lowest BCUT2D eigenvalue weighted by Crippen LogP contribution is -2.24. The third-order valence-corrected chi connectivity index (χ3v) is 4.02. The van der Waals surface area contributed by atoms with Crippen LogP contribution in [0.3, 0.4) is 0 Å². The molecule has 0 saturated carbocycles. The molecule has 0 amide bonds. The number of hydrogen-bond donors (Lipinski definition) is 1. The van der Waals surface area contributed by atoms with Crippen LogP contribution >= 0.6 is 11.6 Å². The van der Waals surface area contributed by atoms with E-state index in [2.05, 4.69) is 15.3 Å². The number of nitrogens with zero attached hydrogens (tertiary/aromatic N) is 3. The normalized spacial score (nSPS) is 11.5. The number of furan rings is 1. The van der Waals surface area contributed by atoms with Gasteiger partial charge in [0.05, 0.1) is 18.4 Å². The van der Waals surface area contributed by atoms with E-state index < -0.39 is 18.7 Å². The summed E-state index contributed by atoms with van der Waals surface area (Å²) in [5.74, 6) is -0.0437. The summed E-state index contributed by atoms with van der Waals surface area (Å²) in [6.45, 7) is -0.657. The molecule has 4 rings (SSSR count). The number of anilines is 1. The summed E-state index contributed by atoms with van der Waals surface area (Å²) in [7, 11) is 0. The highest BCUT2D eigenvalue weighted by atomic mass is 35.5. The predicted molar refractivity (Wildman–Crippen MR) is 94.4 cm³/mol. The maximum Gasteiger partial charge on any atom is 0.354 e. The summed E-state index contributed by atoms with van der Waals surface area (Å²) in [5.41, 5.74) is 0.844. The monoisotopic (exact) mass is 376 g/mol. The minimum Gasteiger partial charge on any atom is -0.450 e. The molecule has 3 aromatic heterocycles. The first-order chi connectivity index (χ1) is 12.5. The number of pyridine rings is 1. The van der Waals surface area contributed by atoms with Gasteiger partial charge < -0.3 is 9.73 Å². The molecule has 0 spiro atoms. The van der Waals surface area contributed by atoms with E-state index in [1.165, 1.54) is 10.8 Å². The quantitative estimate of drug-likeness (QED) is 0.585. The number of halogens is 3. The SMILES string of the molecule is O=c1nc(NCC(F)F)c2oc3ccc(Cl)cc3c2n1-c1cccnc1. The molecule has 4 aromatic rings. The molecule has 0 unspecified atom stereocenters. The lowest BCUT2D eigenvalue weighted by atomic mass is 10.2. The van der Waals surface area contributed by atoms with Crippen molar-refractivity contribution in [3.05, 3.63) is 58.2 Å². The van der Waals surface area contributed by atoms with E-state index in [4.69, 9.17) is 16.0 Å². The highest BCUT2D eigenvalue weighted by Gasteiger charge is 2.20. The maximum absolute atomic E-state index is 12.6. The molecule has 0 aliphatic rings. The van der Waals surface area contributed by atoms with Crippen LogP contribution in [-0.2, 0) is 0 Å². The first-order valence-corrected chi connectivity index (χ1v) is 7.99. The molecule has 26 heavy (non-hydrogen) atoms. The van der Waals surface area contributed by atoms with Gasteiger partial charge in [0.25, 0.3) is 6.43 Å². The second-order valence-electron chi connectivity index (χ2n) is 5.48. The molecular formula is C17H11ClF2N4O2. The topological polar surface area (TPSA) is 73.0 Å². The Hall–Kier alpha value is -3.00. The van der Waals surface area contributed by atoms with Crippen molar-refractivity contribution in [1.29, 1.82) is 0 Å². The maximum atomic E-state index is 12.6. The number of hydrogen-bond acceptors (Lipinski definition) is 5. The van der Waals surface area contributed by atoms with E-state index >= 15 is 0 Å². The van der Waals surface area contributed by atoms with Crippen molar-refractivity contribution in [3.63, 3.8) is 0 Å². The summed E-state index contributed by atoms with van der Waals surface area (Å²) in [6, 6.07) is 8.29. The van der Waals surface area contributed by atoms with Gasteiger partial charge in [-0.25, -0.2) is 13.6 Å². The van der Waals surface area contributed by atoms with E-state index in [1.807, 2.05) is 0 Å². The highest BCUT2D eigenvalue weighted by molar-refractivity contribution is 6.31. The Bertz CT molecular complexity index is 1160. The molecular weight excluding hydrogens is 366 g/mol. The fourth-order valence-corrected chi connectivity index (χ4v) is 2.92. The molecule has 6 nitrogen and oxygen atoms in total. The van der Waals surface area contributed by atoms with Crippen LogP contribution in [0.25, 0.3) is 27.8 Å². The van der Waals surface area contributed by atoms with E-state index in [1.54, 1.807) is 36.5 Å². The smallest absolute Gasteiger partial charge is 0.354 e. The Kier molecular flexibility index (Phi) is 4.04. The van der Waals surface area contributed by atoms with Gasteiger partial charge in [0.1, 0.15) is 11.1 Å². The van der Waals surface area contributed by atoms with Crippen LogP contribution in [0.5, 0.6) is 0 Å². The van der Waals surface area contributed by atoms with Gasteiger partial charge >= 0.3 is 5.69 Å². The van der Waals surface area contributed by atoms with Crippen LogP contribution in [0, 0.1) is 0 Å². The summed E-state index contributed by atoms with van der Waals surface area (Å²) in [4.78, 5) is 20.5. The zero-order valence-electron chi connectivity index (χ0n) is 13.1. The third-order valence-electron chi connectivity index (χ3n) is 3.79. The van der Waals surface area contributed by atoms with Gasteiger partial charge in [0.15, 0.2) is 11.4 Å². The molecule has 1 N–H and O–H groups in total. The van der Waals surface area contributed by atoms with Gasteiger partial charge in [-0.3, -0.25) is 9.55 Å². The molecule has 0 saturated heterocycles. The molecule has 0 fully saturated rings. The summed E-state index contributed by atoms with van der Waals surface area (Å²) in [6.07, 6.45) is 0.465. The Morgan fingerprint density at radius 2 is 2.15 bits per heavy atom. The average molecular weight is 377 g/mol. The van der Waals surface area contributed by atoms with Crippen LogP contribution in [0.2, 0.25) is 5.02 Å². The highest BCUT2D eigenvalue weighted by Crippen LogP contribution is 2.34. The predicted octanol–water partition coefficient (Wildman–Crippen LogP) is 3.86. The van der Waals surface area contributed by atoms with Crippen LogP contribution in [0.1, 0.15) is 0 Å². The summed E-state index contributed by atoms with van der Waals surface area (Å²) >= 11 is 6.08. The van der Waals surface area contributed by atoms with Gasteiger partial charge in [-0.2, -0.15) is 4.98 Å². The number of fused-ring (bicyclic) bond motifs is 3. The first kappa shape index (κ1) is 16.5. The molecule has 1 aromatic carbocycles. The van der Waals surface area contributed by atoms with E-state index in [0.29, 0.717) is 27.2 Å². The van der Waals surface area contributed by atoms with Crippen LogP contribution < -0.4 is 11.0 Å². The fourth-order valence-electron chi connectivity index (χ4n) is 2.75. The van der Waals surface area contributed by atoms with E-state index in [0.717, 1.165) is 0 Å². The van der Waals surface area contributed by atoms with Crippen molar-refractivity contribution < 1.29 is 13.2 Å². The van der Waals surface area contributed by atoms with Crippen molar-refractivity contribution >= 4 is 39.5 Å². The van der Waals surface area contributed by atoms with E-state index in [-0.39, 0.29) is 11.4 Å². The van der Waals surface area contributed by atoms with Crippen LogP contribution in [0.4, 0.5) is 14.6 Å². The van der Waals surface area contributed by atoms with Crippen LogP contribution in [-0.4, -0.2) is 27.5 Å². The number of benzene rings is 1. The Morgan fingerprint density at radius 3 is 2.88 bits per heavy atom. The average Bonchev–Trinajstić information content (AvgIpc) is 2.99. The minimum absolute atomic E-state index is 0.0437. The van der Waals surface area contributed by atoms with Gasteiger partial charge in [-0.15, -0.1) is 0 Å². The second-order valence-corrected chi connectivity index (χ2v) is 5.92. The van der Waals surface area contributed by atoms with Gasteiger partial charge in [-0.05, 0) is 30.3 Å². The molecule has 132 valence electrons. The van der Waals surface area contributed by atoms with Crippen molar-refractivity contribution in [2.45, 2.75) is 6.43 Å². The van der Waals surface area contributed by atoms with Crippen LogP contribution in [0.15, 0.2) is 51.9 Å². The number of alkyl halides is 2. The van der Waals surface area contributed by atoms with E-state index in [9.17, 15) is 13.6 Å². The lowest BCUT2D eigenvalue weighted by molar-refractivity contribution is 0.163. The fraction of sp³-hybridized carbons (Fsp3) is 0.118. The molecule has 0 radical (unpaired) electrons. The molecule has 0 aliphatic carbocycles. The largest absolute Gasteiger partial charge is 0.450 e. The molecule has 0 aliphatic heterocycles. The molecule has 0 bridgehead atoms. The second kappa shape index (κ2) is 6.38. The third kappa shape index (κ3) is 2.78. The van der Waals surface area contributed by atoms with Gasteiger partial charge in [0.2, 0.25) is 0 Å². The van der Waals surface area contributed by atoms with Gasteiger partial charge in [0, 0.05) is 16.6 Å². The number of aromatic nitrogens is 3. The lowest BCUT2D eigenvalue weighted by Gasteiger charge is -2.10. The van der Waals surface area contributed by atoms with Crippen molar-refractivity contribution in [1.82, 2.24) is 14.5 Å². The number of nitrogens with one attached hydrogen (secondary N) is 1. The summed E-state index contributed by atoms with van der Waals surface area (Å²) in [5, 5.41) is 3.48. The molecule has 9 heteroatoms. The van der Waals surface area contributed by atoms with Crippen molar-refractivity contribution in [3.8, 4) is 5.69 Å². The van der Waals surface area contributed by atoms with Gasteiger partial charge in [-0.1, -0.05) is 11.6 Å². The Balaban J connectivity index is 2.09. The first-order valence-electron chi connectivity index (χ1n) is 7.62. The zero-order chi connectivity index (χ0) is 18.3. The zero-order valence-corrected chi connectivity index (χ0v) is 13.9. The molecule has 0 atom stereocenters. The minimum atomic E-state index is -2.61. The standard InChI is InChI=1S/C17H11ClF2N4O2/c18-9-3-4-12-11(6-9)14-15(26-12)16(22-8-13(19)20)23-17(25)24(14)10-2-1-5-21-7-10/h1-7,13H,8H2,(H,22,23,25). The number of rotatable bonds is 4. The molecule has 3 heterocycles.